The molecule has 0 unspecified atom stereocenters. The summed E-state index contributed by atoms with van der Waals surface area (Å²) in [6.07, 6.45) is 3.13. The average molecular weight is 439 g/mol. The van der Waals surface area contributed by atoms with E-state index in [1.54, 1.807) is 36.4 Å². The molecule has 0 amide bonds. The second-order valence-electron chi connectivity index (χ2n) is 6.04. The van der Waals surface area contributed by atoms with Gasteiger partial charge < -0.3 is 14.6 Å². The molecular formula is C23H19BrO4. The molecule has 28 heavy (non-hydrogen) atoms. The van der Waals surface area contributed by atoms with Crippen LogP contribution in [0.25, 0.3) is 6.08 Å². The van der Waals surface area contributed by atoms with E-state index in [4.69, 9.17) is 9.47 Å². The van der Waals surface area contributed by atoms with Crippen LogP contribution >= 0.6 is 15.9 Å². The fourth-order valence-electron chi connectivity index (χ4n) is 2.58. The zero-order valence-electron chi connectivity index (χ0n) is 15.3. The highest BCUT2D eigenvalue weighted by molar-refractivity contribution is 9.10. The Morgan fingerprint density at radius 2 is 1.79 bits per heavy atom. The van der Waals surface area contributed by atoms with Gasteiger partial charge in [-0.3, -0.25) is 4.79 Å². The van der Waals surface area contributed by atoms with E-state index in [9.17, 15) is 9.90 Å². The fourth-order valence-corrected chi connectivity index (χ4v) is 2.94. The number of hydrogen-bond acceptors (Lipinski definition) is 4. The fraction of sp³-hybridized carbons (Fsp3) is 0.0870. The highest BCUT2D eigenvalue weighted by Crippen LogP contribution is 2.32. The maximum Gasteiger partial charge on any atom is 0.185 e. The number of ether oxygens (including phenoxy) is 2. The second-order valence-corrected chi connectivity index (χ2v) is 6.90. The van der Waals surface area contributed by atoms with E-state index < -0.39 is 0 Å². The van der Waals surface area contributed by atoms with E-state index in [0.29, 0.717) is 33.7 Å². The third-order valence-corrected chi connectivity index (χ3v) is 4.74. The summed E-state index contributed by atoms with van der Waals surface area (Å²) < 4.78 is 11.5. The number of aromatic hydroxyl groups is 1. The minimum atomic E-state index is -0.138. The molecule has 0 heterocycles. The summed E-state index contributed by atoms with van der Waals surface area (Å²) in [6, 6.07) is 20.1. The van der Waals surface area contributed by atoms with Crippen LogP contribution < -0.4 is 9.47 Å². The lowest BCUT2D eigenvalue weighted by atomic mass is 10.1. The number of allylic oxidation sites excluding steroid dienone is 1. The molecule has 0 spiro atoms. The molecule has 142 valence electrons. The molecule has 0 radical (unpaired) electrons. The van der Waals surface area contributed by atoms with Crippen LogP contribution in [0, 0.1) is 0 Å². The van der Waals surface area contributed by atoms with Crippen molar-refractivity contribution in [1.29, 1.82) is 0 Å². The van der Waals surface area contributed by atoms with E-state index in [0.717, 1.165) is 5.56 Å². The van der Waals surface area contributed by atoms with E-state index in [1.807, 2.05) is 30.3 Å². The number of benzene rings is 3. The summed E-state index contributed by atoms with van der Waals surface area (Å²) in [5.41, 5.74) is 2.32. The Bertz CT molecular complexity index is 979. The van der Waals surface area contributed by atoms with Crippen molar-refractivity contribution >= 4 is 27.8 Å². The van der Waals surface area contributed by atoms with Crippen LogP contribution in [-0.2, 0) is 6.61 Å². The summed E-state index contributed by atoms with van der Waals surface area (Å²) in [7, 11) is 1.51. The summed E-state index contributed by atoms with van der Waals surface area (Å²) in [4.78, 5) is 12.4. The van der Waals surface area contributed by atoms with Gasteiger partial charge in [-0.05, 0) is 64.0 Å². The lowest BCUT2D eigenvalue weighted by Crippen LogP contribution is -1.97. The van der Waals surface area contributed by atoms with Crippen molar-refractivity contribution in [1.82, 2.24) is 0 Å². The topological polar surface area (TPSA) is 55.8 Å². The molecule has 3 rings (SSSR count). The van der Waals surface area contributed by atoms with Crippen LogP contribution in [0.4, 0.5) is 0 Å². The van der Waals surface area contributed by atoms with Crippen molar-refractivity contribution in [3.05, 3.63) is 94.0 Å². The Kier molecular flexibility index (Phi) is 6.50. The Morgan fingerprint density at radius 1 is 1.07 bits per heavy atom. The van der Waals surface area contributed by atoms with Crippen LogP contribution in [0.1, 0.15) is 21.5 Å². The van der Waals surface area contributed by atoms with Gasteiger partial charge in [-0.2, -0.15) is 0 Å². The van der Waals surface area contributed by atoms with Gasteiger partial charge in [0.1, 0.15) is 23.9 Å². The average Bonchev–Trinajstić information content (AvgIpc) is 2.73. The van der Waals surface area contributed by atoms with Gasteiger partial charge in [0.25, 0.3) is 0 Å². The molecule has 0 aromatic heterocycles. The van der Waals surface area contributed by atoms with Gasteiger partial charge in [-0.1, -0.05) is 30.3 Å². The minimum absolute atomic E-state index is 0.0754. The summed E-state index contributed by atoms with van der Waals surface area (Å²) >= 11 is 3.26. The lowest BCUT2D eigenvalue weighted by Gasteiger charge is -2.07. The van der Waals surface area contributed by atoms with Crippen molar-refractivity contribution in [3.8, 4) is 17.2 Å². The number of ketones is 1. The number of phenols is 1. The third-order valence-electron chi connectivity index (χ3n) is 4.10. The van der Waals surface area contributed by atoms with Gasteiger partial charge in [0, 0.05) is 17.2 Å². The molecule has 3 aromatic rings. The van der Waals surface area contributed by atoms with Crippen molar-refractivity contribution < 1.29 is 19.4 Å². The summed E-state index contributed by atoms with van der Waals surface area (Å²) in [6.45, 7) is 0.476. The summed E-state index contributed by atoms with van der Waals surface area (Å²) in [5, 5.41) is 9.72. The first kappa shape index (κ1) is 19.7. The van der Waals surface area contributed by atoms with Gasteiger partial charge >= 0.3 is 0 Å². The number of carbonyl (C=O) groups is 1. The lowest BCUT2D eigenvalue weighted by molar-refractivity contribution is 0.104. The molecule has 3 aromatic carbocycles. The highest BCUT2D eigenvalue weighted by Gasteiger charge is 2.08. The number of phenolic OH excluding ortho intramolecular Hbond substituents is 1. The smallest absolute Gasteiger partial charge is 0.185 e. The van der Waals surface area contributed by atoms with Crippen LogP contribution in [0.3, 0.4) is 0 Å². The molecule has 0 saturated carbocycles. The van der Waals surface area contributed by atoms with Crippen LogP contribution in [0.2, 0.25) is 0 Å². The number of carbonyl (C=O) groups excluding carboxylic acids is 1. The van der Waals surface area contributed by atoms with E-state index >= 15 is 0 Å². The second kappa shape index (κ2) is 9.24. The zero-order valence-corrected chi connectivity index (χ0v) is 16.8. The molecule has 5 heteroatoms. The van der Waals surface area contributed by atoms with Crippen molar-refractivity contribution in [2.45, 2.75) is 6.61 Å². The van der Waals surface area contributed by atoms with Crippen LogP contribution in [-0.4, -0.2) is 18.0 Å². The number of methoxy groups -OCH3 is 1. The molecule has 0 saturated heterocycles. The van der Waals surface area contributed by atoms with Gasteiger partial charge in [0.15, 0.2) is 5.78 Å². The maximum atomic E-state index is 12.4. The molecule has 0 aliphatic rings. The van der Waals surface area contributed by atoms with E-state index in [2.05, 4.69) is 15.9 Å². The number of hydrogen-bond donors (Lipinski definition) is 1. The van der Waals surface area contributed by atoms with Crippen LogP contribution in [0.5, 0.6) is 17.2 Å². The zero-order chi connectivity index (χ0) is 19.9. The third kappa shape index (κ3) is 5.02. The Balaban J connectivity index is 1.66. The standard InChI is InChI=1S/C23H19BrO4/c1-27-23-14-22(26)20(24)13-18(23)9-12-21(25)17-7-10-19(11-8-17)28-15-16-5-3-2-4-6-16/h2-14,26H,15H2,1H3/b12-9+. The first-order chi connectivity index (χ1) is 13.6. The summed E-state index contributed by atoms with van der Waals surface area (Å²) in [5.74, 6) is 1.12. The van der Waals surface area contributed by atoms with Crippen molar-refractivity contribution in [2.24, 2.45) is 0 Å². The molecule has 0 aliphatic heterocycles. The monoisotopic (exact) mass is 438 g/mol. The quantitative estimate of drug-likeness (QED) is 0.383. The Labute approximate surface area is 172 Å². The predicted octanol–water partition coefficient (Wildman–Crippen LogP) is 5.64. The maximum absolute atomic E-state index is 12.4. The van der Waals surface area contributed by atoms with Gasteiger partial charge in [0.2, 0.25) is 0 Å². The first-order valence-electron chi connectivity index (χ1n) is 8.62. The molecule has 4 nitrogen and oxygen atoms in total. The first-order valence-corrected chi connectivity index (χ1v) is 9.42. The minimum Gasteiger partial charge on any atom is -0.507 e. The van der Waals surface area contributed by atoms with Crippen LogP contribution in [0.15, 0.2) is 77.3 Å². The van der Waals surface area contributed by atoms with E-state index in [1.165, 1.54) is 19.3 Å². The van der Waals surface area contributed by atoms with Crippen molar-refractivity contribution in [2.75, 3.05) is 7.11 Å². The molecule has 0 atom stereocenters. The SMILES string of the molecule is COc1cc(O)c(Br)cc1/C=C/C(=O)c1ccc(OCc2ccccc2)cc1. The predicted molar refractivity (Wildman–Crippen MR) is 113 cm³/mol. The Hall–Kier alpha value is -3.05. The highest BCUT2D eigenvalue weighted by atomic mass is 79.9. The van der Waals surface area contributed by atoms with Gasteiger partial charge in [-0.15, -0.1) is 0 Å². The molecule has 1 N–H and O–H groups in total. The number of rotatable bonds is 7. The normalized spacial score (nSPS) is 10.8. The van der Waals surface area contributed by atoms with Crippen molar-refractivity contribution in [3.63, 3.8) is 0 Å². The van der Waals surface area contributed by atoms with E-state index in [-0.39, 0.29) is 11.5 Å². The van der Waals surface area contributed by atoms with Gasteiger partial charge in [0.05, 0.1) is 11.6 Å². The molecule has 0 aliphatic carbocycles. The van der Waals surface area contributed by atoms with Gasteiger partial charge in [-0.25, -0.2) is 0 Å². The molecular weight excluding hydrogens is 420 g/mol. The number of halogens is 1. The largest absolute Gasteiger partial charge is 0.507 e. The molecule has 0 fully saturated rings. The molecule has 0 bridgehead atoms. The Morgan fingerprint density at radius 3 is 2.46 bits per heavy atom.